The summed E-state index contributed by atoms with van der Waals surface area (Å²) in [5.74, 6) is 0. The Morgan fingerprint density at radius 3 is 2.73 bits per heavy atom. The molecule has 3 N–H and O–H groups in total. The third-order valence-electron chi connectivity index (χ3n) is 4.99. The molecule has 1 aliphatic carbocycles. The van der Waals surface area contributed by atoms with Crippen molar-refractivity contribution in [2.24, 2.45) is 0 Å². The molecule has 2 heterocycles. The van der Waals surface area contributed by atoms with Gasteiger partial charge in [0.25, 0.3) is 0 Å². The summed E-state index contributed by atoms with van der Waals surface area (Å²) < 4.78 is 0. The number of aromatic nitrogens is 1. The van der Waals surface area contributed by atoms with Crippen molar-refractivity contribution in [1.29, 1.82) is 0 Å². The van der Waals surface area contributed by atoms with Crippen molar-refractivity contribution >= 4 is 6.09 Å². The summed E-state index contributed by atoms with van der Waals surface area (Å²) in [5, 5.41) is 22.2. The van der Waals surface area contributed by atoms with Gasteiger partial charge in [-0.1, -0.05) is 6.07 Å². The number of nitrogens with one attached hydrogen (secondary N) is 1. The van der Waals surface area contributed by atoms with Crippen LogP contribution in [0.2, 0.25) is 0 Å². The third-order valence-corrected chi connectivity index (χ3v) is 4.99. The highest BCUT2D eigenvalue weighted by molar-refractivity contribution is 5.64. The highest BCUT2D eigenvalue weighted by Crippen LogP contribution is 2.38. The van der Waals surface area contributed by atoms with Crippen molar-refractivity contribution in [3.8, 4) is 0 Å². The van der Waals surface area contributed by atoms with Gasteiger partial charge in [-0.2, -0.15) is 0 Å². The minimum absolute atomic E-state index is 0.0362. The van der Waals surface area contributed by atoms with Crippen LogP contribution in [-0.4, -0.2) is 51.4 Å². The Morgan fingerprint density at radius 2 is 2.09 bits per heavy atom. The second-order valence-corrected chi connectivity index (χ2v) is 6.41. The fourth-order valence-corrected chi connectivity index (χ4v) is 3.75. The van der Waals surface area contributed by atoms with E-state index in [0.29, 0.717) is 18.9 Å². The molecule has 0 aromatic carbocycles. The van der Waals surface area contributed by atoms with E-state index < -0.39 is 11.7 Å². The lowest BCUT2D eigenvalue weighted by atomic mass is 9.79. The van der Waals surface area contributed by atoms with E-state index in [-0.39, 0.29) is 6.04 Å². The number of carboxylic acid groups (broad SMARTS) is 1. The Kier molecular flexibility index (Phi) is 4.31. The van der Waals surface area contributed by atoms with E-state index >= 15 is 0 Å². The van der Waals surface area contributed by atoms with Crippen molar-refractivity contribution in [2.75, 3.05) is 13.1 Å². The average molecular weight is 305 g/mol. The van der Waals surface area contributed by atoms with Gasteiger partial charge in [-0.05, 0) is 44.2 Å². The lowest BCUT2D eigenvalue weighted by Gasteiger charge is -2.39. The molecule has 0 spiro atoms. The van der Waals surface area contributed by atoms with Gasteiger partial charge in [-0.15, -0.1) is 0 Å². The zero-order chi connectivity index (χ0) is 15.6. The summed E-state index contributed by atoms with van der Waals surface area (Å²) in [6.45, 7) is 1.70. The number of hydrogen-bond acceptors (Lipinski definition) is 4. The molecule has 1 aromatic heterocycles. The molecule has 6 nitrogen and oxygen atoms in total. The molecule has 0 unspecified atom stereocenters. The number of amides is 1. The maximum atomic E-state index is 10.8. The Labute approximate surface area is 130 Å². The molecular weight excluding hydrogens is 282 g/mol. The SMILES string of the molecule is O=C(O)N[C@@H]1CCN([C@H]2CC[C@@](O)(c3ccccn3)CC2)C1. The van der Waals surface area contributed by atoms with Crippen LogP contribution in [0.25, 0.3) is 0 Å². The fourth-order valence-electron chi connectivity index (χ4n) is 3.75. The van der Waals surface area contributed by atoms with Crippen LogP contribution >= 0.6 is 0 Å². The standard InChI is InChI=1S/C16H23N3O3/c20-15(21)18-12-6-10-19(11-12)13-4-7-16(22,8-5-13)14-3-1-2-9-17-14/h1-3,9,12-13,18,22H,4-8,10-11H2,(H,20,21)/t12-,13-,16-/m1/s1. The number of likely N-dealkylation sites (tertiary alicyclic amines) is 1. The normalized spacial score (nSPS) is 32.8. The smallest absolute Gasteiger partial charge is 0.404 e. The van der Waals surface area contributed by atoms with Crippen molar-refractivity contribution in [1.82, 2.24) is 15.2 Å². The largest absolute Gasteiger partial charge is 0.465 e. The second-order valence-electron chi connectivity index (χ2n) is 6.41. The Morgan fingerprint density at radius 1 is 1.32 bits per heavy atom. The first-order valence-electron chi connectivity index (χ1n) is 7.94. The summed E-state index contributed by atoms with van der Waals surface area (Å²) in [6.07, 6.45) is 4.92. The number of nitrogens with zero attached hydrogens (tertiary/aromatic N) is 2. The van der Waals surface area contributed by atoms with Crippen molar-refractivity contribution in [3.63, 3.8) is 0 Å². The van der Waals surface area contributed by atoms with Crippen LogP contribution < -0.4 is 5.32 Å². The number of pyridine rings is 1. The maximum absolute atomic E-state index is 10.8. The average Bonchev–Trinajstić information content (AvgIpc) is 2.96. The highest BCUT2D eigenvalue weighted by atomic mass is 16.4. The fraction of sp³-hybridized carbons (Fsp3) is 0.625. The van der Waals surface area contributed by atoms with Crippen LogP contribution in [-0.2, 0) is 5.60 Å². The topological polar surface area (TPSA) is 85.7 Å². The van der Waals surface area contributed by atoms with Crippen LogP contribution in [0, 0.1) is 0 Å². The number of rotatable bonds is 3. The molecule has 6 heteroatoms. The van der Waals surface area contributed by atoms with Crippen LogP contribution in [0.3, 0.4) is 0 Å². The van der Waals surface area contributed by atoms with Crippen molar-refractivity contribution in [2.45, 2.75) is 49.8 Å². The van der Waals surface area contributed by atoms with Gasteiger partial charge in [0.05, 0.1) is 5.69 Å². The molecule has 120 valence electrons. The van der Waals surface area contributed by atoms with Gasteiger partial charge >= 0.3 is 6.09 Å². The van der Waals surface area contributed by atoms with E-state index in [4.69, 9.17) is 5.11 Å². The van der Waals surface area contributed by atoms with Crippen molar-refractivity contribution < 1.29 is 15.0 Å². The highest BCUT2D eigenvalue weighted by Gasteiger charge is 2.39. The first kappa shape index (κ1) is 15.2. The summed E-state index contributed by atoms with van der Waals surface area (Å²) in [7, 11) is 0. The van der Waals surface area contributed by atoms with Crippen LogP contribution in [0.4, 0.5) is 4.79 Å². The molecule has 0 bridgehead atoms. The predicted molar refractivity (Wildman–Crippen MR) is 81.5 cm³/mol. The van der Waals surface area contributed by atoms with Crippen molar-refractivity contribution in [3.05, 3.63) is 30.1 Å². The summed E-state index contributed by atoms with van der Waals surface area (Å²) >= 11 is 0. The number of carbonyl (C=O) groups is 1. The van der Waals surface area contributed by atoms with Crippen LogP contribution in [0.5, 0.6) is 0 Å². The summed E-state index contributed by atoms with van der Waals surface area (Å²) in [4.78, 5) is 17.4. The van der Waals surface area contributed by atoms with Crippen LogP contribution in [0.1, 0.15) is 37.8 Å². The molecule has 1 atom stereocenters. The molecular formula is C16H23N3O3. The van der Waals surface area contributed by atoms with Gasteiger partial charge in [0.2, 0.25) is 0 Å². The molecule has 1 aliphatic heterocycles. The molecule has 1 saturated carbocycles. The van der Waals surface area contributed by atoms with E-state index in [1.54, 1.807) is 6.20 Å². The van der Waals surface area contributed by atoms with E-state index in [0.717, 1.165) is 38.0 Å². The van der Waals surface area contributed by atoms with E-state index in [2.05, 4.69) is 15.2 Å². The molecule has 0 radical (unpaired) electrons. The van der Waals surface area contributed by atoms with E-state index in [1.165, 1.54) is 0 Å². The van der Waals surface area contributed by atoms with Gasteiger partial charge in [-0.25, -0.2) is 4.79 Å². The minimum Gasteiger partial charge on any atom is -0.465 e. The first-order chi connectivity index (χ1) is 10.6. The Balaban J connectivity index is 1.55. The van der Waals surface area contributed by atoms with Gasteiger partial charge in [0.1, 0.15) is 5.60 Å². The Bertz CT molecular complexity index is 515. The first-order valence-corrected chi connectivity index (χ1v) is 7.94. The zero-order valence-electron chi connectivity index (χ0n) is 12.6. The number of hydrogen-bond donors (Lipinski definition) is 3. The molecule has 1 saturated heterocycles. The van der Waals surface area contributed by atoms with E-state index in [9.17, 15) is 9.90 Å². The van der Waals surface area contributed by atoms with Crippen LogP contribution in [0.15, 0.2) is 24.4 Å². The maximum Gasteiger partial charge on any atom is 0.404 e. The lowest BCUT2D eigenvalue weighted by molar-refractivity contribution is -0.0257. The van der Waals surface area contributed by atoms with Gasteiger partial charge in [0, 0.05) is 31.4 Å². The van der Waals surface area contributed by atoms with Gasteiger partial charge < -0.3 is 15.5 Å². The zero-order valence-corrected chi connectivity index (χ0v) is 12.6. The predicted octanol–water partition coefficient (Wildman–Crippen LogP) is 1.55. The summed E-state index contributed by atoms with van der Waals surface area (Å²) in [5.41, 5.74) is -0.0452. The van der Waals surface area contributed by atoms with Gasteiger partial charge in [0.15, 0.2) is 0 Å². The molecule has 2 fully saturated rings. The third kappa shape index (κ3) is 3.23. The van der Waals surface area contributed by atoms with Gasteiger partial charge in [-0.3, -0.25) is 9.88 Å². The quantitative estimate of drug-likeness (QED) is 0.789. The molecule has 1 aromatic rings. The minimum atomic E-state index is -0.944. The second kappa shape index (κ2) is 6.22. The Hall–Kier alpha value is -1.66. The molecule has 3 rings (SSSR count). The van der Waals surface area contributed by atoms with E-state index in [1.807, 2.05) is 18.2 Å². The molecule has 2 aliphatic rings. The monoisotopic (exact) mass is 305 g/mol. The number of aliphatic hydroxyl groups is 1. The lowest BCUT2D eigenvalue weighted by Crippen LogP contribution is -2.43. The molecule has 1 amide bonds. The molecule has 22 heavy (non-hydrogen) atoms. The summed E-state index contributed by atoms with van der Waals surface area (Å²) in [6, 6.07) is 6.13.